The minimum atomic E-state index is 0.233. The molecule has 0 saturated carbocycles. The zero-order chi connectivity index (χ0) is 13.4. The predicted octanol–water partition coefficient (Wildman–Crippen LogP) is 3.56. The van der Waals surface area contributed by atoms with Crippen LogP contribution >= 0.6 is 23.4 Å². The van der Waals surface area contributed by atoms with Crippen molar-refractivity contribution >= 4 is 23.4 Å². The van der Waals surface area contributed by atoms with Crippen molar-refractivity contribution in [1.82, 2.24) is 5.32 Å². The lowest BCUT2D eigenvalue weighted by Gasteiger charge is -2.13. The van der Waals surface area contributed by atoms with Crippen molar-refractivity contribution in [1.29, 1.82) is 0 Å². The van der Waals surface area contributed by atoms with Gasteiger partial charge in [-0.15, -0.1) is 11.8 Å². The number of aliphatic hydroxyl groups is 1. The molecule has 0 heterocycles. The van der Waals surface area contributed by atoms with Gasteiger partial charge in [-0.25, -0.2) is 0 Å². The van der Waals surface area contributed by atoms with Crippen LogP contribution in [0.4, 0.5) is 0 Å². The van der Waals surface area contributed by atoms with E-state index in [0.717, 1.165) is 30.3 Å². The fraction of sp³-hybridized carbons (Fsp3) is 0.571. The Morgan fingerprint density at radius 2 is 2.22 bits per heavy atom. The molecule has 0 aliphatic rings. The molecule has 0 radical (unpaired) electrons. The third kappa shape index (κ3) is 5.19. The van der Waals surface area contributed by atoms with E-state index in [-0.39, 0.29) is 6.61 Å². The minimum absolute atomic E-state index is 0.233. The summed E-state index contributed by atoms with van der Waals surface area (Å²) in [6, 6.07) is 6.02. The number of aliphatic hydroxyl groups excluding tert-OH is 1. The second kappa shape index (κ2) is 8.81. The van der Waals surface area contributed by atoms with Crippen LogP contribution in [0.3, 0.4) is 0 Å². The lowest BCUT2D eigenvalue weighted by atomic mass is 10.2. The molecule has 0 fully saturated rings. The average Bonchev–Trinajstić information content (AvgIpc) is 2.38. The van der Waals surface area contributed by atoms with Crippen LogP contribution in [0.5, 0.6) is 0 Å². The van der Waals surface area contributed by atoms with Gasteiger partial charge in [0.15, 0.2) is 0 Å². The number of hydrogen-bond acceptors (Lipinski definition) is 3. The fourth-order valence-corrected chi connectivity index (χ4v) is 2.92. The van der Waals surface area contributed by atoms with E-state index >= 15 is 0 Å². The van der Waals surface area contributed by atoms with Gasteiger partial charge in [0.1, 0.15) is 0 Å². The van der Waals surface area contributed by atoms with Gasteiger partial charge >= 0.3 is 0 Å². The Balaban J connectivity index is 2.67. The van der Waals surface area contributed by atoms with Gasteiger partial charge in [-0.1, -0.05) is 31.5 Å². The highest BCUT2D eigenvalue weighted by molar-refractivity contribution is 7.99. The maximum Gasteiger partial charge on any atom is 0.0464 e. The number of nitrogens with one attached hydrogen (secondary N) is 1. The van der Waals surface area contributed by atoms with E-state index in [2.05, 4.69) is 18.3 Å². The highest BCUT2D eigenvalue weighted by Crippen LogP contribution is 2.29. The zero-order valence-electron chi connectivity index (χ0n) is 11.1. The molecule has 2 nitrogen and oxygen atoms in total. The molecule has 0 aromatic heterocycles. The van der Waals surface area contributed by atoms with Crippen molar-refractivity contribution in [2.24, 2.45) is 5.92 Å². The summed E-state index contributed by atoms with van der Waals surface area (Å²) >= 11 is 8.02. The van der Waals surface area contributed by atoms with Crippen LogP contribution in [0.15, 0.2) is 23.1 Å². The fourth-order valence-electron chi connectivity index (χ4n) is 1.52. The molecular weight excluding hydrogens is 266 g/mol. The van der Waals surface area contributed by atoms with Crippen LogP contribution in [0.2, 0.25) is 5.02 Å². The molecule has 0 amide bonds. The Morgan fingerprint density at radius 1 is 1.44 bits per heavy atom. The van der Waals surface area contributed by atoms with E-state index in [4.69, 9.17) is 16.7 Å². The first-order valence-electron chi connectivity index (χ1n) is 6.40. The van der Waals surface area contributed by atoms with Crippen molar-refractivity contribution in [3.05, 3.63) is 28.8 Å². The normalized spacial score (nSPS) is 12.7. The minimum Gasteiger partial charge on any atom is -0.396 e. The maximum absolute atomic E-state index is 9.06. The van der Waals surface area contributed by atoms with Gasteiger partial charge in [0.05, 0.1) is 0 Å². The Labute approximate surface area is 119 Å². The molecule has 102 valence electrons. The summed E-state index contributed by atoms with van der Waals surface area (Å²) in [6.07, 6.45) is 1.12. The third-order valence-corrected chi connectivity index (χ3v) is 4.42. The molecule has 1 aromatic carbocycles. The van der Waals surface area contributed by atoms with E-state index in [0.29, 0.717) is 5.92 Å². The van der Waals surface area contributed by atoms with Crippen LogP contribution in [-0.4, -0.2) is 24.0 Å². The van der Waals surface area contributed by atoms with Gasteiger partial charge < -0.3 is 10.4 Å². The standard InChI is InChI=1S/C14H22ClNOS/c1-3-7-16-8-12-13(15)5-4-6-14(12)18-10-11(2)9-17/h4-6,11,16-17H,3,7-10H2,1-2H3. The molecular formula is C14H22ClNOS. The highest BCUT2D eigenvalue weighted by atomic mass is 35.5. The van der Waals surface area contributed by atoms with Gasteiger partial charge in [-0.2, -0.15) is 0 Å². The van der Waals surface area contributed by atoms with E-state index in [1.54, 1.807) is 11.8 Å². The van der Waals surface area contributed by atoms with E-state index in [9.17, 15) is 0 Å². The van der Waals surface area contributed by atoms with Crippen molar-refractivity contribution in [2.75, 3.05) is 18.9 Å². The third-order valence-electron chi connectivity index (χ3n) is 2.64. The summed E-state index contributed by atoms with van der Waals surface area (Å²) in [6.45, 7) is 6.24. The molecule has 0 spiro atoms. The lowest BCUT2D eigenvalue weighted by molar-refractivity contribution is 0.250. The number of benzene rings is 1. The molecule has 0 aliphatic carbocycles. The van der Waals surface area contributed by atoms with Crippen molar-refractivity contribution in [2.45, 2.75) is 31.7 Å². The van der Waals surface area contributed by atoms with Crippen molar-refractivity contribution < 1.29 is 5.11 Å². The van der Waals surface area contributed by atoms with Crippen LogP contribution in [0.25, 0.3) is 0 Å². The van der Waals surface area contributed by atoms with Crippen LogP contribution in [0, 0.1) is 5.92 Å². The predicted molar refractivity (Wildman–Crippen MR) is 80.4 cm³/mol. The summed E-state index contributed by atoms with van der Waals surface area (Å²) in [5.41, 5.74) is 1.17. The van der Waals surface area contributed by atoms with E-state index in [1.807, 2.05) is 19.1 Å². The number of halogens is 1. The van der Waals surface area contributed by atoms with Crippen LogP contribution in [-0.2, 0) is 6.54 Å². The molecule has 1 aromatic rings. The van der Waals surface area contributed by atoms with Gasteiger partial charge in [0.25, 0.3) is 0 Å². The largest absolute Gasteiger partial charge is 0.396 e. The molecule has 1 unspecified atom stereocenters. The van der Waals surface area contributed by atoms with Gasteiger partial charge in [0.2, 0.25) is 0 Å². The van der Waals surface area contributed by atoms with Gasteiger partial charge in [-0.3, -0.25) is 0 Å². The SMILES string of the molecule is CCCNCc1c(Cl)cccc1SCC(C)CO. The zero-order valence-corrected chi connectivity index (χ0v) is 12.7. The van der Waals surface area contributed by atoms with Crippen molar-refractivity contribution in [3.8, 4) is 0 Å². The maximum atomic E-state index is 9.06. The second-order valence-corrected chi connectivity index (χ2v) is 5.96. The Morgan fingerprint density at radius 3 is 2.89 bits per heavy atom. The Hall–Kier alpha value is -0.220. The Bertz CT molecular complexity index is 360. The molecule has 4 heteroatoms. The summed E-state index contributed by atoms with van der Waals surface area (Å²) in [5.74, 6) is 1.22. The first kappa shape index (κ1) is 15.8. The smallest absolute Gasteiger partial charge is 0.0464 e. The summed E-state index contributed by atoms with van der Waals surface area (Å²) in [4.78, 5) is 1.21. The number of rotatable bonds is 8. The van der Waals surface area contributed by atoms with Crippen LogP contribution < -0.4 is 5.32 Å². The summed E-state index contributed by atoms with van der Waals surface area (Å²) in [7, 11) is 0. The number of thioether (sulfide) groups is 1. The number of hydrogen-bond donors (Lipinski definition) is 2. The quantitative estimate of drug-likeness (QED) is 0.566. The van der Waals surface area contributed by atoms with Gasteiger partial charge in [-0.05, 0) is 36.6 Å². The van der Waals surface area contributed by atoms with E-state index < -0.39 is 0 Å². The van der Waals surface area contributed by atoms with Crippen LogP contribution in [0.1, 0.15) is 25.8 Å². The molecule has 0 saturated heterocycles. The average molecular weight is 288 g/mol. The summed E-state index contributed by atoms with van der Waals surface area (Å²) in [5, 5.41) is 13.3. The molecule has 0 bridgehead atoms. The molecule has 18 heavy (non-hydrogen) atoms. The summed E-state index contributed by atoms with van der Waals surface area (Å²) < 4.78 is 0. The van der Waals surface area contributed by atoms with Crippen molar-refractivity contribution in [3.63, 3.8) is 0 Å². The monoisotopic (exact) mass is 287 g/mol. The topological polar surface area (TPSA) is 32.3 Å². The first-order chi connectivity index (χ1) is 8.69. The Kier molecular flexibility index (Phi) is 7.75. The second-order valence-electron chi connectivity index (χ2n) is 4.49. The lowest BCUT2D eigenvalue weighted by Crippen LogP contribution is -2.15. The molecule has 1 rings (SSSR count). The highest BCUT2D eigenvalue weighted by Gasteiger charge is 2.09. The molecule has 2 N–H and O–H groups in total. The van der Waals surface area contributed by atoms with Gasteiger partial charge in [0, 0.05) is 28.8 Å². The molecule has 0 aliphatic heterocycles. The van der Waals surface area contributed by atoms with E-state index in [1.165, 1.54) is 10.5 Å². The first-order valence-corrected chi connectivity index (χ1v) is 7.77. The molecule has 1 atom stereocenters.